The Morgan fingerprint density at radius 1 is 1.33 bits per heavy atom. The lowest BCUT2D eigenvalue weighted by molar-refractivity contribution is 0.921. The summed E-state index contributed by atoms with van der Waals surface area (Å²) in [7, 11) is 1.83. The number of imidazole rings is 2. The van der Waals surface area contributed by atoms with E-state index < -0.39 is 0 Å². The zero-order chi connectivity index (χ0) is 12.7. The lowest BCUT2D eigenvalue weighted by atomic mass is 10.1. The molecule has 1 aromatic carbocycles. The van der Waals surface area contributed by atoms with Gasteiger partial charge in [-0.25, -0.2) is 9.78 Å². The van der Waals surface area contributed by atoms with E-state index in [4.69, 9.17) is 5.26 Å². The minimum absolute atomic E-state index is 0.243. The largest absolute Gasteiger partial charge is 0.333 e. The number of hydrogen-bond acceptors (Lipinski definition) is 3. The zero-order valence-electron chi connectivity index (χ0n) is 9.56. The smallest absolute Gasteiger partial charge is 0.323 e. The molecule has 2 N–H and O–H groups in total. The van der Waals surface area contributed by atoms with E-state index in [-0.39, 0.29) is 5.69 Å². The molecule has 2 aromatic heterocycles. The van der Waals surface area contributed by atoms with Gasteiger partial charge in [-0.15, -0.1) is 0 Å². The van der Waals surface area contributed by atoms with Crippen LogP contribution >= 0.6 is 0 Å². The molecule has 0 bridgehead atoms. The Labute approximate surface area is 102 Å². The molecule has 0 saturated heterocycles. The van der Waals surface area contributed by atoms with E-state index >= 15 is 0 Å². The van der Waals surface area contributed by atoms with E-state index in [2.05, 4.69) is 21.0 Å². The molecule has 0 unspecified atom stereocenters. The molecule has 0 aliphatic carbocycles. The SMILES string of the molecule is Cn1cnc(C#N)c1-c1ccc2[nH]c(=O)[nH]c2c1. The van der Waals surface area contributed by atoms with Crippen molar-refractivity contribution in [1.82, 2.24) is 19.5 Å². The average Bonchev–Trinajstić information content (AvgIpc) is 2.89. The first-order valence-electron chi connectivity index (χ1n) is 5.33. The fraction of sp³-hybridized carbons (Fsp3) is 0.0833. The highest BCUT2D eigenvalue weighted by molar-refractivity contribution is 5.81. The number of nitrogens with zero attached hydrogens (tertiary/aromatic N) is 3. The number of nitriles is 1. The second kappa shape index (κ2) is 3.60. The van der Waals surface area contributed by atoms with E-state index in [1.54, 1.807) is 17.0 Å². The molecule has 0 atom stereocenters. The van der Waals surface area contributed by atoms with Crippen LogP contribution in [0, 0.1) is 11.3 Å². The Balaban J connectivity index is 2.28. The number of benzene rings is 1. The molecule has 0 saturated carbocycles. The predicted octanol–water partition coefficient (Wildman–Crippen LogP) is 1.13. The molecule has 3 aromatic rings. The number of H-pyrrole nitrogens is 2. The summed E-state index contributed by atoms with van der Waals surface area (Å²) < 4.78 is 1.78. The van der Waals surface area contributed by atoms with Gasteiger partial charge in [-0.05, 0) is 12.1 Å². The van der Waals surface area contributed by atoms with Crippen molar-refractivity contribution >= 4 is 11.0 Å². The normalized spacial score (nSPS) is 10.7. The Kier molecular flexibility index (Phi) is 2.07. The van der Waals surface area contributed by atoms with Crippen LogP contribution in [0.4, 0.5) is 0 Å². The van der Waals surface area contributed by atoms with Crippen molar-refractivity contribution in [3.8, 4) is 17.3 Å². The molecule has 0 radical (unpaired) electrons. The number of aryl methyl sites for hydroxylation is 1. The second-order valence-electron chi connectivity index (χ2n) is 4.00. The Bertz CT molecular complexity index is 830. The minimum Gasteiger partial charge on any atom is -0.333 e. The highest BCUT2D eigenvalue weighted by Gasteiger charge is 2.11. The van der Waals surface area contributed by atoms with Gasteiger partial charge in [0.2, 0.25) is 0 Å². The first kappa shape index (κ1) is 10.4. The summed E-state index contributed by atoms with van der Waals surface area (Å²) in [5, 5.41) is 9.02. The standard InChI is InChI=1S/C12H9N5O/c1-17-6-14-10(5-13)11(17)7-2-3-8-9(4-7)16-12(18)15-8/h2-4,6H,1H3,(H2,15,16,18). The number of aromatic amines is 2. The third kappa shape index (κ3) is 1.42. The van der Waals surface area contributed by atoms with Gasteiger partial charge in [0.25, 0.3) is 0 Å². The molecule has 0 fully saturated rings. The van der Waals surface area contributed by atoms with Crippen LogP contribution in [0.3, 0.4) is 0 Å². The zero-order valence-corrected chi connectivity index (χ0v) is 9.56. The minimum atomic E-state index is -0.243. The van der Waals surface area contributed by atoms with E-state index in [0.29, 0.717) is 11.2 Å². The molecular weight excluding hydrogens is 230 g/mol. The fourth-order valence-corrected chi connectivity index (χ4v) is 2.03. The lowest BCUT2D eigenvalue weighted by Crippen LogP contribution is -1.99. The molecule has 18 heavy (non-hydrogen) atoms. The van der Waals surface area contributed by atoms with Gasteiger partial charge >= 0.3 is 5.69 Å². The first-order chi connectivity index (χ1) is 8.69. The molecule has 0 spiro atoms. The quantitative estimate of drug-likeness (QED) is 0.666. The van der Waals surface area contributed by atoms with Crippen molar-refractivity contribution in [2.24, 2.45) is 7.05 Å². The maximum atomic E-state index is 11.2. The molecule has 88 valence electrons. The molecule has 2 heterocycles. The topological polar surface area (TPSA) is 90.3 Å². The van der Waals surface area contributed by atoms with Gasteiger partial charge in [0.1, 0.15) is 6.07 Å². The summed E-state index contributed by atoms with van der Waals surface area (Å²) in [5.74, 6) is 0. The maximum Gasteiger partial charge on any atom is 0.323 e. The van der Waals surface area contributed by atoms with Gasteiger partial charge in [0.15, 0.2) is 5.69 Å². The molecule has 6 heteroatoms. The average molecular weight is 239 g/mol. The number of aromatic nitrogens is 4. The molecule has 6 nitrogen and oxygen atoms in total. The van der Waals surface area contributed by atoms with Gasteiger partial charge < -0.3 is 14.5 Å². The van der Waals surface area contributed by atoms with Crippen LogP contribution in [-0.2, 0) is 7.05 Å². The van der Waals surface area contributed by atoms with Crippen molar-refractivity contribution in [1.29, 1.82) is 5.26 Å². The highest BCUT2D eigenvalue weighted by Crippen LogP contribution is 2.24. The number of rotatable bonds is 1. The molecule has 0 amide bonds. The van der Waals surface area contributed by atoms with Crippen LogP contribution in [0.1, 0.15) is 5.69 Å². The lowest BCUT2D eigenvalue weighted by Gasteiger charge is -2.03. The summed E-state index contributed by atoms with van der Waals surface area (Å²) in [5.41, 5.74) is 3.16. The summed E-state index contributed by atoms with van der Waals surface area (Å²) in [6.45, 7) is 0. The third-order valence-electron chi connectivity index (χ3n) is 2.83. The van der Waals surface area contributed by atoms with Gasteiger partial charge in [-0.3, -0.25) is 0 Å². The fourth-order valence-electron chi connectivity index (χ4n) is 2.03. The van der Waals surface area contributed by atoms with E-state index in [0.717, 1.165) is 16.8 Å². The van der Waals surface area contributed by atoms with Gasteiger partial charge in [-0.2, -0.15) is 5.26 Å². The Hall–Kier alpha value is -2.81. The number of nitrogens with one attached hydrogen (secondary N) is 2. The van der Waals surface area contributed by atoms with Crippen molar-refractivity contribution in [2.75, 3.05) is 0 Å². The van der Waals surface area contributed by atoms with E-state index in [9.17, 15) is 4.79 Å². The third-order valence-corrected chi connectivity index (χ3v) is 2.83. The molecular formula is C12H9N5O. The predicted molar refractivity (Wildman–Crippen MR) is 65.8 cm³/mol. The van der Waals surface area contributed by atoms with E-state index in [1.807, 2.05) is 19.2 Å². The summed E-state index contributed by atoms with van der Waals surface area (Å²) in [6, 6.07) is 7.53. The van der Waals surface area contributed by atoms with Crippen LogP contribution in [0.2, 0.25) is 0 Å². The first-order valence-corrected chi connectivity index (χ1v) is 5.33. The van der Waals surface area contributed by atoms with Crippen LogP contribution in [-0.4, -0.2) is 19.5 Å². The van der Waals surface area contributed by atoms with Gasteiger partial charge in [0, 0.05) is 12.6 Å². The van der Waals surface area contributed by atoms with Crippen LogP contribution < -0.4 is 5.69 Å². The molecule has 0 aliphatic rings. The number of hydrogen-bond donors (Lipinski definition) is 2. The van der Waals surface area contributed by atoms with Crippen LogP contribution in [0.5, 0.6) is 0 Å². The molecule has 3 rings (SSSR count). The van der Waals surface area contributed by atoms with E-state index in [1.165, 1.54) is 0 Å². The van der Waals surface area contributed by atoms with Crippen molar-refractivity contribution in [3.05, 3.63) is 40.7 Å². The Morgan fingerprint density at radius 3 is 2.89 bits per heavy atom. The highest BCUT2D eigenvalue weighted by atomic mass is 16.1. The summed E-state index contributed by atoms with van der Waals surface area (Å²) in [4.78, 5) is 20.6. The van der Waals surface area contributed by atoms with Crippen LogP contribution in [0.15, 0.2) is 29.3 Å². The second-order valence-corrected chi connectivity index (χ2v) is 4.00. The van der Waals surface area contributed by atoms with Gasteiger partial charge in [0.05, 0.1) is 23.1 Å². The van der Waals surface area contributed by atoms with Crippen LogP contribution in [0.25, 0.3) is 22.3 Å². The number of fused-ring (bicyclic) bond motifs is 1. The van der Waals surface area contributed by atoms with Gasteiger partial charge in [-0.1, -0.05) is 6.07 Å². The maximum absolute atomic E-state index is 11.2. The summed E-state index contributed by atoms with van der Waals surface area (Å²) in [6.07, 6.45) is 1.60. The van der Waals surface area contributed by atoms with Crippen molar-refractivity contribution in [2.45, 2.75) is 0 Å². The van der Waals surface area contributed by atoms with Crippen molar-refractivity contribution < 1.29 is 0 Å². The summed E-state index contributed by atoms with van der Waals surface area (Å²) >= 11 is 0. The van der Waals surface area contributed by atoms with Crippen molar-refractivity contribution in [3.63, 3.8) is 0 Å². The monoisotopic (exact) mass is 239 g/mol. The Morgan fingerprint density at radius 2 is 2.11 bits per heavy atom. The molecule has 0 aliphatic heterocycles.